The van der Waals surface area contributed by atoms with Gasteiger partial charge >= 0.3 is 0 Å². The molecule has 1 aromatic carbocycles. The molecule has 1 aliphatic heterocycles. The highest BCUT2D eigenvalue weighted by Crippen LogP contribution is 2.22. The van der Waals surface area contributed by atoms with Crippen molar-refractivity contribution in [2.75, 3.05) is 25.3 Å². The summed E-state index contributed by atoms with van der Waals surface area (Å²) in [7, 11) is 1.63. The van der Waals surface area contributed by atoms with Crippen LogP contribution in [0.25, 0.3) is 0 Å². The molecule has 132 valence electrons. The molecule has 2 aromatic rings. The molecule has 5 nitrogen and oxygen atoms in total. The predicted molar refractivity (Wildman–Crippen MR) is 101 cm³/mol. The van der Waals surface area contributed by atoms with Gasteiger partial charge < -0.3 is 14.5 Å². The van der Waals surface area contributed by atoms with Crippen LogP contribution in [0.2, 0.25) is 0 Å². The van der Waals surface area contributed by atoms with E-state index in [1.165, 1.54) is 0 Å². The first-order valence-corrected chi connectivity index (χ1v) is 9.98. The maximum absolute atomic E-state index is 12.9. The van der Waals surface area contributed by atoms with Crippen LogP contribution in [0.3, 0.4) is 0 Å². The second-order valence-corrected chi connectivity index (χ2v) is 7.70. The minimum atomic E-state index is -0.0462. The molecule has 25 heavy (non-hydrogen) atoms. The molecule has 0 aliphatic carbocycles. The number of carbonyl (C=O) groups excluding carboxylic acids is 2. The first-order chi connectivity index (χ1) is 12.2. The second-order valence-electron chi connectivity index (χ2n) is 5.71. The first-order valence-electron chi connectivity index (χ1n) is 7.95. The van der Waals surface area contributed by atoms with E-state index in [9.17, 15) is 9.59 Å². The minimum Gasteiger partial charge on any atom is -0.496 e. The molecule has 0 bridgehead atoms. The van der Waals surface area contributed by atoms with Crippen molar-refractivity contribution < 1.29 is 14.3 Å². The van der Waals surface area contributed by atoms with E-state index in [1.54, 1.807) is 40.0 Å². The fourth-order valence-corrected chi connectivity index (χ4v) is 4.29. The molecule has 1 aliphatic rings. The van der Waals surface area contributed by atoms with Gasteiger partial charge in [0.05, 0.1) is 25.3 Å². The molecule has 0 unspecified atom stereocenters. The van der Waals surface area contributed by atoms with Crippen LogP contribution in [0.4, 0.5) is 0 Å². The summed E-state index contributed by atoms with van der Waals surface area (Å²) in [6, 6.07) is 11.7. The van der Waals surface area contributed by atoms with Gasteiger partial charge in [-0.1, -0.05) is 24.3 Å². The van der Waals surface area contributed by atoms with Crippen molar-refractivity contribution in [3.05, 3.63) is 52.2 Å². The van der Waals surface area contributed by atoms with Crippen LogP contribution < -0.4 is 4.74 Å². The second kappa shape index (κ2) is 8.40. The fourth-order valence-electron chi connectivity index (χ4n) is 2.67. The molecule has 7 heteroatoms. The van der Waals surface area contributed by atoms with E-state index in [-0.39, 0.29) is 18.4 Å². The molecule has 0 radical (unpaired) electrons. The lowest BCUT2D eigenvalue weighted by Crippen LogP contribution is -2.40. The summed E-state index contributed by atoms with van der Waals surface area (Å²) in [6.45, 7) is 1.12. The Morgan fingerprint density at radius 1 is 1.24 bits per heavy atom. The Morgan fingerprint density at radius 3 is 2.76 bits per heavy atom. The van der Waals surface area contributed by atoms with Crippen LogP contribution in [-0.2, 0) is 22.7 Å². The van der Waals surface area contributed by atoms with Gasteiger partial charge in [0.25, 0.3) is 0 Å². The van der Waals surface area contributed by atoms with E-state index in [1.807, 2.05) is 41.8 Å². The highest BCUT2D eigenvalue weighted by Gasteiger charge is 2.26. The summed E-state index contributed by atoms with van der Waals surface area (Å²) < 4.78 is 5.41. The molecule has 0 saturated carbocycles. The Bertz CT molecular complexity index is 734. The Morgan fingerprint density at radius 2 is 2.08 bits per heavy atom. The van der Waals surface area contributed by atoms with Crippen molar-refractivity contribution in [2.45, 2.75) is 13.1 Å². The number of amides is 2. The van der Waals surface area contributed by atoms with Gasteiger partial charge in [-0.2, -0.15) is 0 Å². The third kappa shape index (κ3) is 4.55. The van der Waals surface area contributed by atoms with Gasteiger partial charge in [-0.25, -0.2) is 0 Å². The van der Waals surface area contributed by atoms with Crippen molar-refractivity contribution in [1.29, 1.82) is 0 Å². The number of nitrogens with zero attached hydrogens (tertiary/aromatic N) is 2. The first kappa shape index (κ1) is 17.8. The fraction of sp³-hybridized carbons (Fsp3) is 0.333. The summed E-state index contributed by atoms with van der Waals surface area (Å²) in [5, 5.41) is 2.00. The minimum absolute atomic E-state index is 0.0340. The number of hydrogen-bond acceptors (Lipinski definition) is 5. The number of para-hydroxylation sites is 1. The van der Waals surface area contributed by atoms with Gasteiger partial charge in [0, 0.05) is 17.0 Å². The monoisotopic (exact) mass is 376 g/mol. The normalized spacial score (nSPS) is 14.0. The summed E-state index contributed by atoms with van der Waals surface area (Å²) in [5.41, 5.74) is 0.956. The maximum atomic E-state index is 12.9. The number of carbonyl (C=O) groups is 2. The standard InChI is InChI=1S/C18H20N2O3S2/c1-23-16-7-3-2-5-14(16)9-19(10-15-6-4-8-25-15)17(21)11-20-13-24-12-18(20)22/h2-8H,9-13H2,1H3. The van der Waals surface area contributed by atoms with Crippen LogP contribution in [-0.4, -0.2) is 46.9 Å². The van der Waals surface area contributed by atoms with Gasteiger partial charge in [0.1, 0.15) is 12.3 Å². The van der Waals surface area contributed by atoms with Gasteiger partial charge in [-0.05, 0) is 17.5 Å². The molecule has 2 amide bonds. The van der Waals surface area contributed by atoms with Gasteiger partial charge in [0.2, 0.25) is 11.8 Å². The lowest BCUT2D eigenvalue weighted by molar-refractivity contribution is -0.138. The number of methoxy groups -OCH3 is 1. The third-order valence-electron chi connectivity index (χ3n) is 3.98. The van der Waals surface area contributed by atoms with Crippen LogP contribution in [0.15, 0.2) is 41.8 Å². The SMILES string of the molecule is COc1ccccc1CN(Cc1cccs1)C(=O)CN1CSCC1=O. The van der Waals surface area contributed by atoms with Gasteiger partial charge in [-0.15, -0.1) is 23.1 Å². The summed E-state index contributed by atoms with van der Waals surface area (Å²) in [6.07, 6.45) is 0. The van der Waals surface area contributed by atoms with E-state index in [4.69, 9.17) is 4.74 Å². The zero-order valence-electron chi connectivity index (χ0n) is 14.0. The number of thioether (sulfide) groups is 1. The Kier molecular flexibility index (Phi) is 5.99. The molecule has 3 rings (SSSR count). The Labute approximate surface area is 155 Å². The largest absolute Gasteiger partial charge is 0.496 e. The number of thiophene rings is 1. The molecular formula is C18H20N2O3S2. The van der Waals surface area contributed by atoms with E-state index < -0.39 is 0 Å². The van der Waals surface area contributed by atoms with Crippen molar-refractivity contribution in [1.82, 2.24) is 9.80 Å². The van der Waals surface area contributed by atoms with Gasteiger partial charge in [0.15, 0.2) is 0 Å². The highest BCUT2D eigenvalue weighted by atomic mass is 32.2. The smallest absolute Gasteiger partial charge is 0.242 e. The molecule has 0 spiro atoms. The third-order valence-corrected chi connectivity index (χ3v) is 5.79. The van der Waals surface area contributed by atoms with Crippen LogP contribution in [0.5, 0.6) is 5.75 Å². The zero-order chi connectivity index (χ0) is 17.6. The van der Waals surface area contributed by atoms with E-state index in [2.05, 4.69) is 0 Å². The van der Waals surface area contributed by atoms with Crippen molar-refractivity contribution >= 4 is 34.9 Å². The molecular weight excluding hydrogens is 356 g/mol. The van der Waals surface area contributed by atoms with Crippen molar-refractivity contribution in [2.24, 2.45) is 0 Å². The van der Waals surface area contributed by atoms with Crippen molar-refractivity contribution in [3.8, 4) is 5.75 Å². The zero-order valence-corrected chi connectivity index (χ0v) is 15.6. The van der Waals surface area contributed by atoms with E-state index in [0.717, 1.165) is 16.2 Å². The Balaban J connectivity index is 1.76. The molecule has 0 atom stereocenters. The summed E-state index contributed by atoms with van der Waals surface area (Å²) in [5.74, 6) is 1.80. The van der Waals surface area contributed by atoms with Gasteiger partial charge in [-0.3, -0.25) is 9.59 Å². The van der Waals surface area contributed by atoms with Crippen LogP contribution in [0, 0.1) is 0 Å². The van der Waals surface area contributed by atoms with Crippen LogP contribution >= 0.6 is 23.1 Å². The number of ether oxygens (including phenoxy) is 1. The summed E-state index contributed by atoms with van der Waals surface area (Å²) >= 11 is 3.17. The maximum Gasteiger partial charge on any atom is 0.242 e. The average Bonchev–Trinajstić information content (AvgIpc) is 3.27. The number of hydrogen-bond donors (Lipinski definition) is 0. The lowest BCUT2D eigenvalue weighted by Gasteiger charge is -2.25. The topological polar surface area (TPSA) is 49.9 Å². The molecule has 2 heterocycles. The Hall–Kier alpha value is -1.99. The predicted octanol–water partition coefficient (Wildman–Crippen LogP) is 2.82. The molecule has 1 aromatic heterocycles. The number of rotatable bonds is 7. The summed E-state index contributed by atoms with van der Waals surface area (Å²) in [4.78, 5) is 29.2. The highest BCUT2D eigenvalue weighted by molar-refractivity contribution is 8.00. The quantitative estimate of drug-likeness (QED) is 0.746. The molecule has 0 N–H and O–H groups in total. The van der Waals surface area contributed by atoms with E-state index in [0.29, 0.717) is 24.7 Å². The van der Waals surface area contributed by atoms with Crippen LogP contribution in [0.1, 0.15) is 10.4 Å². The lowest BCUT2D eigenvalue weighted by atomic mass is 10.2. The average molecular weight is 377 g/mol. The molecule has 1 saturated heterocycles. The number of benzene rings is 1. The van der Waals surface area contributed by atoms with E-state index >= 15 is 0 Å². The van der Waals surface area contributed by atoms with Crippen molar-refractivity contribution in [3.63, 3.8) is 0 Å². The molecule has 1 fully saturated rings.